The van der Waals surface area contributed by atoms with Gasteiger partial charge in [-0.15, -0.1) is 0 Å². The van der Waals surface area contributed by atoms with Crippen molar-refractivity contribution in [2.24, 2.45) is 0 Å². The molecule has 2 amide bonds. The van der Waals surface area contributed by atoms with Gasteiger partial charge in [-0.25, -0.2) is 0 Å². The van der Waals surface area contributed by atoms with Crippen molar-refractivity contribution in [2.45, 2.75) is 38.5 Å². The number of nitrogens with one attached hydrogen (secondary N) is 1. The molecule has 0 saturated carbocycles. The third-order valence-electron chi connectivity index (χ3n) is 2.82. The van der Waals surface area contributed by atoms with E-state index in [2.05, 4.69) is 10.1 Å². The molecule has 1 aliphatic heterocycles. The van der Waals surface area contributed by atoms with Crippen molar-refractivity contribution in [2.75, 3.05) is 19.8 Å². The lowest BCUT2D eigenvalue weighted by molar-refractivity contribution is -0.176. The van der Waals surface area contributed by atoms with Gasteiger partial charge in [0.2, 0.25) is 11.8 Å². The maximum Gasteiger partial charge on any atom is 0.411 e. The highest BCUT2D eigenvalue weighted by Crippen LogP contribution is 2.15. The number of carbonyl (C=O) groups excluding carboxylic acids is 2. The lowest BCUT2D eigenvalue weighted by Gasteiger charge is -2.37. The number of piperazine rings is 1. The van der Waals surface area contributed by atoms with Crippen LogP contribution in [0, 0.1) is 0 Å². The quantitative estimate of drug-likeness (QED) is 0.755. The summed E-state index contributed by atoms with van der Waals surface area (Å²) in [5, 5.41) is 2.52. The SMILES string of the molecule is CCC1C(=O)NC(C)C(=O)N1CCOCC(F)(F)F. The van der Waals surface area contributed by atoms with Gasteiger partial charge in [0.15, 0.2) is 0 Å². The molecule has 2 atom stereocenters. The van der Waals surface area contributed by atoms with Gasteiger partial charge in [-0.2, -0.15) is 13.2 Å². The van der Waals surface area contributed by atoms with E-state index in [0.29, 0.717) is 6.42 Å². The first-order valence-corrected chi connectivity index (χ1v) is 6.01. The summed E-state index contributed by atoms with van der Waals surface area (Å²) in [6.45, 7) is 1.65. The average molecular weight is 282 g/mol. The summed E-state index contributed by atoms with van der Waals surface area (Å²) in [4.78, 5) is 24.8. The van der Waals surface area contributed by atoms with Gasteiger partial charge in [0.25, 0.3) is 0 Å². The van der Waals surface area contributed by atoms with Crippen molar-refractivity contribution < 1.29 is 27.5 Å². The first-order valence-electron chi connectivity index (χ1n) is 6.01. The molecule has 0 aromatic rings. The third kappa shape index (κ3) is 4.38. The van der Waals surface area contributed by atoms with Crippen LogP contribution in [0.3, 0.4) is 0 Å². The first kappa shape index (κ1) is 15.7. The van der Waals surface area contributed by atoms with Crippen LogP contribution in [0.25, 0.3) is 0 Å². The molecule has 110 valence electrons. The summed E-state index contributed by atoms with van der Waals surface area (Å²) in [7, 11) is 0. The van der Waals surface area contributed by atoms with Crippen molar-refractivity contribution in [3.05, 3.63) is 0 Å². The molecule has 0 aromatic carbocycles. The van der Waals surface area contributed by atoms with E-state index < -0.39 is 24.9 Å². The molecule has 8 heteroatoms. The molecule has 0 bridgehead atoms. The second-order valence-corrected chi connectivity index (χ2v) is 4.35. The molecule has 1 N–H and O–H groups in total. The number of halogens is 3. The summed E-state index contributed by atoms with van der Waals surface area (Å²) in [6, 6.07) is -1.30. The van der Waals surface area contributed by atoms with Gasteiger partial charge in [-0.1, -0.05) is 6.92 Å². The number of alkyl halides is 3. The fourth-order valence-corrected chi connectivity index (χ4v) is 1.94. The van der Waals surface area contributed by atoms with Gasteiger partial charge in [0.05, 0.1) is 6.61 Å². The van der Waals surface area contributed by atoms with Crippen LogP contribution in [-0.4, -0.2) is 54.7 Å². The molecule has 1 saturated heterocycles. The minimum absolute atomic E-state index is 0.0226. The van der Waals surface area contributed by atoms with E-state index in [-0.39, 0.29) is 25.0 Å². The Morgan fingerprint density at radius 1 is 1.37 bits per heavy atom. The lowest BCUT2D eigenvalue weighted by atomic mass is 10.1. The standard InChI is InChI=1S/C11H17F3N2O3/c1-3-8-9(17)15-7(2)10(18)16(8)4-5-19-6-11(12,13)14/h7-8H,3-6H2,1-2H3,(H,15,17). The fourth-order valence-electron chi connectivity index (χ4n) is 1.94. The molecule has 0 aliphatic carbocycles. The van der Waals surface area contributed by atoms with Crippen molar-refractivity contribution >= 4 is 11.8 Å². The largest absolute Gasteiger partial charge is 0.411 e. The van der Waals surface area contributed by atoms with Crippen LogP contribution in [0.15, 0.2) is 0 Å². The zero-order valence-corrected chi connectivity index (χ0v) is 10.8. The van der Waals surface area contributed by atoms with Crippen LogP contribution in [0.4, 0.5) is 13.2 Å². The Kier molecular flexibility index (Phi) is 5.16. The summed E-state index contributed by atoms with van der Waals surface area (Å²) >= 11 is 0. The zero-order chi connectivity index (χ0) is 14.6. The molecule has 19 heavy (non-hydrogen) atoms. The molecule has 5 nitrogen and oxygen atoms in total. The van der Waals surface area contributed by atoms with Crippen LogP contribution >= 0.6 is 0 Å². The molecule has 2 unspecified atom stereocenters. The molecular weight excluding hydrogens is 265 g/mol. The van der Waals surface area contributed by atoms with Gasteiger partial charge in [0.1, 0.15) is 18.7 Å². The zero-order valence-electron chi connectivity index (χ0n) is 10.8. The summed E-state index contributed by atoms with van der Waals surface area (Å²) in [6.07, 6.45) is -3.98. The van der Waals surface area contributed by atoms with E-state index in [1.54, 1.807) is 6.92 Å². The molecule has 1 aliphatic rings. The van der Waals surface area contributed by atoms with E-state index in [0.717, 1.165) is 0 Å². The Morgan fingerprint density at radius 3 is 2.53 bits per heavy atom. The molecule has 1 heterocycles. The van der Waals surface area contributed by atoms with Crippen molar-refractivity contribution in [3.8, 4) is 0 Å². The predicted molar refractivity (Wildman–Crippen MR) is 60.3 cm³/mol. The Balaban J connectivity index is 2.52. The number of rotatable bonds is 5. The predicted octanol–water partition coefficient (Wildman–Crippen LogP) is 0.691. The minimum Gasteiger partial charge on any atom is -0.370 e. The summed E-state index contributed by atoms with van der Waals surface area (Å²) in [5.41, 5.74) is 0. The van der Waals surface area contributed by atoms with Crippen LogP contribution in [0.2, 0.25) is 0 Å². The average Bonchev–Trinajstić information content (AvgIpc) is 2.29. The van der Waals surface area contributed by atoms with E-state index in [1.807, 2.05) is 0 Å². The van der Waals surface area contributed by atoms with Gasteiger partial charge < -0.3 is 15.0 Å². The number of ether oxygens (including phenoxy) is 1. The number of hydrogen-bond acceptors (Lipinski definition) is 3. The van der Waals surface area contributed by atoms with E-state index in [9.17, 15) is 22.8 Å². The lowest BCUT2D eigenvalue weighted by Crippen LogP contribution is -2.62. The van der Waals surface area contributed by atoms with E-state index >= 15 is 0 Å². The van der Waals surface area contributed by atoms with Crippen LogP contribution in [0.5, 0.6) is 0 Å². The minimum atomic E-state index is -4.39. The van der Waals surface area contributed by atoms with Crippen molar-refractivity contribution in [3.63, 3.8) is 0 Å². The fraction of sp³-hybridized carbons (Fsp3) is 0.818. The van der Waals surface area contributed by atoms with Gasteiger partial charge in [0, 0.05) is 6.54 Å². The van der Waals surface area contributed by atoms with Crippen LogP contribution in [0.1, 0.15) is 20.3 Å². The normalized spacial score (nSPS) is 24.6. The number of carbonyl (C=O) groups is 2. The van der Waals surface area contributed by atoms with Crippen molar-refractivity contribution in [1.82, 2.24) is 10.2 Å². The maximum absolute atomic E-state index is 11.9. The second kappa shape index (κ2) is 6.23. The molecule has 0 aromatic heterocycles. The van der Waals surface area contributed by atoms with E-state index in [1.165, 1.54) is 11.8 Å². The van der Waals surface area contributed by atoms with Crippen molar-refractivity contribution in [1.29, 1.82) is 0 Å². The highest BCUT2D eigenvalue weighted by Gasteiger charge is 2.37. The number of nitrogens with zero attached hydrogens (tertiary/aromatic N) is 1. The van der Waals surface area contributed by atoms with Crippen LogP contribution < -0.4 is 5.32 Å². The first-order chi connectivity index (χ1) is 8.76. The number of hydrogen-bond donors (Lipinski definition) is 1. The summed E-state index contributed by atoms with van der Waals surface area (Å²) in [5.74, 6) is -0.590. The maximum atomic E-state index is 11.9. The number of amides is 2. The topological polar surface area (TPSA) is 58.6 Å². The van der Waals surface area contributed by atoms with E-state index in [4.69, 9.17) is 0 Å². The molecule has 1 fully saturated rings. The van der Waals surface area contributed by atoms with Gasteiger partial charge in [-0.05, 0) is 13.3 Å². The smallest absolute Gasteiger partial charge is 0.370 e. The Labute approximate surface area is 109 Å². The molecule has 0 radical (unpaired) electrons. The highest BCUT2D eigenvalue weighted by atomic mass is 19.4. The summed E-state index contributed by atoms with van der Waals surface area (Å²) < 4.78 is 40.1. The van der Waals surface area contributed by atoms with Gasteiger partial charge in [-0.3, -0.25) is 9.59 Å². The van der Waals surface area contributed by atoms with Crippen LogP contribution in [-0.2, 0) is 14.3 Å². The second-order valence-electron chi connectivity index (χ2n) is 4.35. The Hall–Kier alpha value is -1.31. The third-order valence-corrected chi connectivity index (χ3v) is 2.82. The van der Waals surface area contributed by atoms with Gasteiger partial charge >= 0.3 is 6.18 Å². The Morgan fingerprint density at radius 2 is 2.00 bits per heavy atom. The Bertz CT molecular complexity index is 347. The molecular formula is C11H17F3N2O3. The molecule has 0 spiro atoms. The monoisotopic (exact) mass is 282 g/mol. The molecule has 1 rings (SSSR count). The highest BCUT2D eigenvalue weighted by molar-refractivity contribution is 5.96.